The van der Waals surface area contributed by atoms with Crippen molar-refractivity contribution in [2.75, 3.05) is 11.9 Å². The van der Waals surface area contributed by atoms with E-state index in [0.29, 0.717) is 0 Å². The van der Waals surface area contributed by atoms with E-state index in [9.17, 15) is 27.2 Å². The quantitative estimate of drug-likeness (QED) is 0.585. The summed E-state index contributed by atoms with van der Waals surface area (Å²) >= 11 is 0. The molecule has 0 saturated carbocycles. The highest BCUT2D eigenvalue weighted by molar-refractivity contribution is 5.94. The topological polar surface area (TPSA) is 64.6 Å². The van der Waals surface area contributed by atoms with Crippen LogP contribution in [0, 0.1) is 5.82 Å². The molecule has 0 fully saturated rings. The monoisotopic (exact) mass is 399 g/mol. The van der Waals surface area contributed by atoms with Gasteiger partial charge in [0.25, 0.3) is 5.91 Å². The number of halogens is 4. The number of hydrogen-bond donors (Lipinski definition) is 1. The second kappa shape index (κ2) is 8.28. The van der Waals surface area contributed by atoms with E-state index in [4.69, 9.17) is 9.47 Å². The molecule has 1 amide bonds. The maximum Gasteiger partial charge on any atom is 0.418 e. The zero-order valence-electron chi connectivity index (χ0n) is 15.0. The standard InChI is InChI=1S/C19H17F4NO4/c1-18(2,28-13-9-7-12(20)8-10-13)17(26)27-11-16(25)24-15-6-4-3-5-14(15)19(21,22)23/h3-10H,11H2,1-2H3,(H,24,25). The molecule has 2 aromatic carbocycles. The number of benzene rings is 2. The average Bonchev–Trinajstić information content (AvgIpc) is 2.61. The number of amides is 1. The highest BCUT2D eigenvalue weighted by Crippen LogP contribution is 2.34. The number of hydrogen-bond acceptors (Lipinski definition) is 4. The van der Waals surface area contributed by atoms with Crippen LogP contribution in [0.3, 0.4) is 0 Å². The summed E-state index contributed by atoms with van der Waals surface area (Å²) in [7, 11) is 0. The molecule has 1 N–H and O–H groups in total. The first kappa shape index (κ1) is 21.2. The van der Waals surface area contributed by atoms with Crippen LogP contribution in [-0.2, 0) is 20.5 Å². The van der Waals surface area contributed by atoms with E-state index >= 15 is 0 Å². The number of nitrogens with one attached hydrogen (secondary N) is 1. The third-order valence-electron chi connectivity index (χ3n) is 3.52. The van der Waals surface area contributed by atoms with Gasteiger partial charge in [0.1, 0.15) is 11.6 Å². The molecule has 28 heavy (non-hydrogen) atoms. The van der Waals surface area contributed by atoms with Gasteiger partial charge in [-0.05, 0) is 50.2 Å². The van der Waals surface area contributed by atoms with Gasteiger partial charge in [0.2, 0.25) is 0 Å². The Kier molecular flexibility index (Phi) is 6.27. The van der Waals surface area contributed by atoms with E-state index in [2.05, 4.69) is 5.32 Å². The average molecular weight is 399 g/mol. The molecule has 0 unspecified atom stereocenters. The van der Waals surface area contributed by atoms with Crippen molar-refractivity contribution in [3.05, 3.63) is 59.9 Å². The third kappa shape index (κ3) is 5.70. The molecule has 0 aliphatic carbocycles. The van der Waals surface area contributed by atoms with E-state index in [-0.39, 0.29) is 5.75 Å². The molecular formula is C19H17F4NO4. The Morgan fingerprint density at radius 3 is 2.21 bits per heavy atom. The summed E-state index contributed by atoms with van der Waals surface area (Å²) in [6, 6.07) is 9.33. The number of carbonyl (C=O) groups excluding carboxylic acids is 2. The molecule has 0 aromatic heterocycles. The molecule has 0 spiro atoms. The van der Waals surface area contributed by atoms with Gasteiger partial charge in [-0.25, -0.2) is 9.18 Å². The molecule has 5 nitrogen and oxygen atoms in total. The van der Waals surface area contributed by atoms with Gasteiger partial charge in [-0.3, -0.25) is 4.79 Å². The summed E-state index contributed by atoms with van der Waals surface area (Å²) in [5.74, 6) is -2.14. The van der Waals surface area contributed by atoms with Gasteiger partial charge < -0.3 is 14.8 Å². The maximum absolute atomic E-state index is 12.9. The number of alkyl halides is 3. The molecule has 150 valence electrons. The predicted molar refractivity (Wildman–Crippen MR) is 92.1 cm³/mol. The molecule has 9 heteroatoms. The lowest BCUT2D eigenvalue weighted by molar-refractivity contribution is -0.161. The Balaban J connectivity index is 1.95. The number of esters is 1. The van der Waals surface area contributed by atoms with Crippen LogP contribution in [-0.4, -0.2) is 24.1 Å². The molecule has 0 heterocycles. The lowest BCUT2D eigenvalue weighted by atomic mass is 10.1. The van der Waals surface area contributed by atoms with Crippen LogP contribution in [0.2, 0.25) is 0 Å². The maximum atomic E-state index is 12.9. The van der Waals surface area contributed by atoms with Crippen molar-refractivity contribution in [2.45, 2.75) is 25.6 Å². The predicted octanol–water partition coefficient (Wildman–Crippen LogP) is 4.18. The van der Waals surface area contributed by atoms with Gasteiger partial charge in [-0.1, -0.05) is 12.1 Å². The zero-order valence-corrected chi connectivity index (χ0v) is 15.0. The van der Waals surface area contributed by atoms with Gasteiger partial charge in [0, 0.05) is 0 Å². The van der Waals surface area contributed by atoms with E-state index in [1.165, 1.54) is 38.1 Å². The van der Waals surface area contributed by atoms with Crippen molar-refractivity contribution in [2.24, 2.45) is 0 Å². The highest BCUT2D eigenvalue weighted by Gasteiger charge is 2.34. The fourth-order valence-corrected chi connectivity index (χ4v) is 2.17. The van der Waals surface area contributed by atoms with Crippen molar-refractivity contribution >= 4 is 17.6 Å². The van der Waals surface area contributed by atoms with Gasteiger partial charge in [0.15, 0.2) is 12.2 Å². The zero-order chi connectivity index (χ0) is 20.9. The molecule has 0 aliphatic rings. The molecule has 0 aliphatic heterocycles. The molecule has 0 saturated heterocycles. The Morgan fingerprint density at radius 1 is 1.00 bits per heavy atom. The second-order valence-electron chi connectivity index (χ2n) is 6.23. The first-order valence-corrected chi connectivity index (χ1v) is 8.07. The van der Waals surface area contributed by atoms with Crippen LogP contribution in [0.25, 0.3) is 0 Å². The number of anilines is 1. The van der Waals surface area contributed by atoms with E-state index in [1.807, 2.05) is 0 Å². The smallest absolute Gasteiger partial charge is 0.418 e. The minimum Gasteiger partial charge on any atom is -0.476 e. The van der Waals surface area contributed by atoms with Gasteiger partial charge in [-0.2, -0.15) is 13.2 Å². The Hall–Kier alpha value is -3.10. The minimum absolute atomic E-state index is 0.201. The van der Waals surface area contributed by atoms with E-state index in [1.54, 1.807) is 0 Å². The molecule has 0 atom stereocenters. The van der Waals surface area contributed by atoms with Crippen LogP contribution in [0.5, 0.6) is 5.75 Å². The molecule has 2 aromatic rings. The van der Waals surface area contributed by atoms with Crippen molar-refractivity contribution in [3.8, 4) is 5.75 Å². The lowest BCUT2D eigenvalue weighted by Gasteiger charge is -2.24. The summed E-state index contributed by atoms with van der Waals surface area (Å²) in [5, 5.41) is 2.06. The Morgan fingerprint density at radius 2 is 1.61 bits per heavy atom. The van der Waals surface area contributed by atoms with Crippen LogP contribution in [0.4, 0.5) is 23.2 Å². The molecule has 2 rings (SSSR count). The largest absolute Gasteiger partial charge is 0.476 e. The van der Waals surface area contributed by atoms with Crippen molar-refractivity contribution in [3.63, 3.8) is 0 Å². The number of carbonyl (C=O) groups is 2. The van der Waals surface area contributed by atoms with Crippen molar-refractivity contribution in [1.29, 1.82) is 0 Å². The normalized spacial score (nSPS) is 11.6. The Labute approximate surface area is 158 Å². The highest BCUT2D eigenvalue weighted by atomic mass is 19.4. The summed E-state index contributed by atoms with van der Waals surface area (Å²) in [4.78, 5) is 24.0. The summed E-state index contributed by atoms with van der Waals surface area (Å²) < 4.78 is 61.9. The van der Waals surface area contributed by atoms with Gasteiger partial charge in [0.05, 0.1) is 11.3 Å². The number of rotatable bonds is 6. The first-order chi connectivity index (χ1) is 13.0. The van der Waals surface area contributed by atoms with Gasteiger partial charge >= 0.3 is 12.1 Å². The summed E-state index contributed by atoms with van der Waals surface area (Å²) in [6.45, 7) is 1.94. The van der Waals surface area contributed by atoms with Crippen LogP contribution < -0.4 is 10.1 Å². The Bertz CT molecular complexity index is 848. The third-order valence-corrected chi connectivity index (χ3v) is 3.52. The molecular weight excluding hydrogens is 382 g/mol. The fourth-order valence-electron chi connectivity index (χ4n) is 2.17. The minimum atomic E-state index is -4.65. The first-order valence-electron chi connectivity index (χ1n) is 8.07. The van der Waals surface area contributed by atoms with Crippen LogP contribution in [0.15, 0.2) is 48.5 Å². The van der Waals surface area contributed by atoms with Gasteiger partial charge in [-0.15, -0.1) is 0 Å². The van der Waals surface area contributed by atoms with Crippen LogP contribution >= 0.6 is 0 Å². The van der Waals surface area contributed by atoms with Crippen molar-refractivity contribution in [1.82, 2.24) is 0 Å². The fraction of sp³-hybridized carbons (Fsp3) is 0.263. The second-order valence-corrected chi connectivity index (χ2v) is 6.23. The summed E-state index contributed by atoms with van der Waals surface area (Å²) in [5.41, 5.74) is -2.98. The summed E-state index contributed by atoms with van der Waals surface area (Å²) in [6.07, 6.45) is -4.65. The molecule has 0 radical (unpaired) electrons. The van der Waals surface area contributed by atoms with E-state index < -0.39 is 47.3 Å². The SMILES string of the molecule is CC(C)(Oc1ccc(F)cc1)C(=O)OCC(=O)Nc1ccccc1C(F)(F)F. The lowest BCUT2D eigenvalue weighted by Crippen LogP contribution is -2.41. The van der Waals surface area contributed by atoms with Crippen molar-refractivity contribution < 1.29 is 36.6 Å². The van der Waals surface area contributed by atoms with Crippen LogP contribution in [0.1, 0.15) is 19.4 Å². The number of para-hydroxylation sites is 1. The molecule has 0 bridgehead atoms. The van der Waals surface area contributed by atoms with E-state index in [0.717, 1.165) is 24.3 Å². The number of ether oxygens (including phenoxy) is 2.